The van der Waals surface area contributed by atoms with Crippen molar-refractivity contribution in [2.24, 2.45) is 5.92 Å². The SMILES string of the molecule is COc1cccc2c1CC[C@H]2Nc1nccc2cc(-c3c(-c4n[nH]c(=O)o4)c(CCc4ccc(F)cc4)nc4c3S(=O)(=O)CC4C(C)C)sc12. The standard InChI is InChI=1S/C37H34FN5O5S2/c1-19(2)25-18-50(45,46)34-31(30(36-42-43-37(44)48-36)27(40-32(25)34)13-9-20-7-10-22(38)11-8-20)29-17-21-15-16-39-35(33(21)49-29)41-26-14-12-24-23(26)5-4-6-28(24)47-3/h4-8,10-11,15-17,19,25-26H,9,12-14,18H2,1-3H3,(H,39,41)(H,43,44)/t25?,26-/m1/s1. The number of methoxy groups -OCH3 is 1. The summed E-state index contributed by atoms with van der Waals surface area (Å²) in [6.45, 7) is 3.99. The molecule has 0 saturated carbocycles. The van der Waals surface area contributed by atoms with E-state index in [2.05, 4.69) is 21.6 Å². The normalized spacial score (nSPS) is 17.7. The minimum atomic E-state index is -3.80. The van der Waals surface area contributed by atoms with Crippen molar-refractivity contribution in [2.75, 3.05) is 18.2 Å². The first kappa shape index (κ1) is 32.3. The van der Waals surface area contributed by atoms with Gasteiger partial charge in [-0.25, -0.2) is 27.7 Å². The van der Waals surface area contributed by atoms with Crippen molar-refractivity contribution in [1.82, 2.24) is 20.2 Å². The number of ether oxygens (including phenoxy) is 1. The Bertz CT molecular complexity index is 2440. The fourth-order valence-corrected chi connectivity index (χ4v) is 10.8. The number of aromatic amines is 1. The predicted molar refractivity (Wildman–Crippen MR) is 190 cm³/mol. The van der Waals surface area contributed by atoms with Gasteiger partial charge in [0.1, 0.15) is 17.4 Å². The van der Waals surface area contributed by atoms with Gasteiger partial charge in [-0.05, 0) is 84.0 Å². The molecule has 2 aliphatic rings. The van der Waals surface area contributed by atoms with Gasteiger partial charge in [-0.3, -0.25) is 4.98 Å². The second-order valence-electron chi connectivity index (χ2n) is 13.2. The Morgan fingerprint density at radius 2 is 1.94 bits per heavy atom. The first-order valence-electron chi connectivity index (χ1n) is 16.5. The lowest BCUT2D eigenvalue weighted by Gasteiger charge is -2.18. The van der Waals surface area contributed by atoms with Gasteiger partial charge in [-0.2, -0.15) is 0 Å². The molecule has 1 aliphatic carbocycles. The molecule has 0 fully saturated rings. The van der Waals surface area contributed by atoms with Gasteiger partial charge >= 0.3 is 5.76 Å². The van der Waals surface area contributed by atoms with E-state index < -0.39 is 15.6 Å². The molecule has 50 heavy (non-hydrogen) atoms. The van der Waals surface area contributed by atoms with Crippen molar-refractivity contribution in [3.05, 3.63) is 105 Å². The quantitative estimate of drug-likeness (QED) is 0.159. The lowest BCUT2D eigenvalue weighted by Crippen LogP contribution is -2.11. The number of pyridine rings is 2. The van der Waals surface area contributed by atoms with Crippen LogP contribution in [-0.4, -0.2) is 41.4 Å². The van der Waals surface area contributed by atoms with E-state index in [1.54, 1.807) is 25.4 Å². The van der Waals surface area contributed by atoms with E-state index in [9.17, 15) is 17.6 Å². The molecule has 256 valence electrons. The van der Waals surface area contributed by atoms with Crippen LogP contribution in [0.3, 0.4) is 0 Å². The Kier molecular flexibility index (Phi) is 8.06. The molecule has 0 saturated heterocycles. The maximum absolute atomic E-state index is 14.1. The molecular weight excluding hydrogens is 678 g/mol. The summed E-state index contributed by atoms with van der Waals surface area (Å²) in [6, 6.07) is 16.2. The Labute approximate surface area is 291 Å². The molecule has 1 unspecified atom stereocenters. The Hall–Kier alpha value is -4.88. The van der Waals surface area contributed by atoms with Gasteiger partial charge in [0, 0.05) is 22.6 Å². The lowest BCUT2D eigenvalue weighted by molar-refractivity contribution is 0.410. The maximum atomic E-state index is 14.1. The molecule has 4 aromatic heterocycles. The molecule has 8 rings (SSSR count). The van der Waals surface area contributed by atoms with Crippen molar-refractivity contribution in [3.8, 4) is 27.6 Å². The molecule has 10 nitrogen and oxygen atoms in total. The number of aromatic nitrogens is 4. The molecule has 0 radical (unpaired) electrons. The molecule has 5 heterocycles. The second kappa shape index (κ2) is 12.5. The Morgan fingerprint density at radius 3 is 2.68 bits per heavy atom. The van der Waals surface area contributed by atoms with Crippen LogP contribution in [-0.2, 0) is 29.1 Å². The average molecular weight is 712 g/mol. The molecule has 0 bridgehead atoms. The van der Waals surface area contributed by atoms with Gasteiger partial charge in [-0.1, -0.05) is 38.1 Å². The third-order valence-electron chi connectivity index (χ3n) is 9.77. The number of fused-ring (bicyclic) bond motifs is 3. The molecule has 6 aromatic rings. The number of benzene rings is 2. The zero-order valence-electron chi connectivity index (χ0n) is 27.6. The van der Waals surface area contributed by atoms with Gasteiger partial charge in [0.05, 0.1) is 45.5 Å². The van der Waals surface area contributed by atoms with Gasteiger partial charge in [0.2, 0.25) is 0 Å². The average Bonchev–Trinajstić information content (AvgIpc) is 3.89. The van der Waals surface area contributed by atoms with Gasteiger partial charge in [-0.15, -0.1) is 16.4 Å². The summed E-state index contributed by atoms with van der Waals surface area (Å²) in [7, 11) is -2.11. The first-order chi connectivity index (χ1) is 24.1. The van der Waals surface area contributed by atoms with Crippen molar-refractivity contribution in [3.63, 3.8) is 0 Å². The van der Waals surface area contributed by atoms with Crippen LogP contribution in [0.2, 0.25) is 0 Å². The Morgan fingerprint density at radius 1 is 1.12 bits per heavy atom. The summed E-state index contributed by atoms with van der Waals surface area (Å²) in [4.78, 5) is 22.9. The number of anilines is 1. The maximum Gasteiger partial charge on any atom is 0.434 e. The molecule has 0 spiro atoms. The zero-order valence-corrected chi connectivity index (χ0v) is 29.3. The number of sulfone groups is 1. The highest BCUT2D eigenvalue weighted by molar-refractivity contribution is 7.92. The van der Waals surface area contributed by atoms with Crippen LogP contribution in [0.1, 0.15) is 60.3 Å². The van der Waals surface area contributed by atoms with Crippen LogP contribution in [0, 0.1) is 11.7 Å². The van der Waals surface area contributed by atoms with Crippen molar-refractivity contribution in [2.45, 2.75) is 56.4 Å². The van der Waals surface area contributed by atoms with Gasteiger partial charge in [0.15, 0.2) is 9.84 Å². The molecule has 0 amide bonds. The van der Waals surface area contributed by atoms with Crippen LogP contribution in [0.25, 0.3) is 32.0 Å². The number of thiophene rings is 1. The third-order valence-corrected chi connectivity index (χ3v) is 12.8. The minimum absolute atomic E-state index is 0.000753. The van der Waals surface area contributed by atoms with E-state index in [-0.39, 0.29) is 40.2 Å². The van der Waals surface area contributed by atoms with E-state index in [1.807, 2.05) is 38.1 Å². The van der Waals surface area contributed by atoms with E-state index in [1.165, 1.54) is 34.6 Å². The zero-order chi connectivity index (χ0) is 34.7. The highest BCUT2D eigenvalue weighted by Crippen LogP contribution is 2.51. The van der Waals surface area contributed by atoms with E-state index in [0.29, 0.717) is 46.1 Å². The smallest absolute Gasteiger partial charge is 0.434 e. The van der Waals surface area contributed by atoms with Gasteiger partial charge < -0.3 is 14.5 Å². The summed E-state index contributed by atoms with van der Waals surface area (Å²) < 4.78 is 54.0. The number of nitrogens with one attached hydrogen (secondary N) is 2. The lowest BCUT2D eigenvalue weighted by atomic mass is 9.90. The van der Waals surface area contributed by atoms with Crippen molar-refractivity contribution in [1.29, 1.82) is 0 Å². The number of H-pyrrole nitrogens is 1. The summed E-state index contributed by atoms with van der Waals surface area (Å²) in [5, 5.41) is 11.1. The monoisotopic (exact) mass is 711 g/mol. The predicted octanol–water partition coefficient (Wildman–Crippen LogP) is 7.26. The number of hydrogen-bond acceptors (Lipinski definition) is 10. The van der Waals surface area contributed by atoms with Crippen molar-refractivity contribution < 1.29 is 22.0 Å². The minimum Gasteiger partial charge on any atom is -0.496 e. The first-order valence-corrected chi connectivity index (χ1v) is 19.0. The molecule has 13 heteroatoms. The molecular formula is C37H34FN5O5S2. The second-order valence-corrected chi connectivity index (χ2v) is 16.2. The molecule has 2 atom stereocenters. The van der Waals surface area contributed by atoms with E-state index in [0.717, 1.165) is 34.2 Å². The van der Waals surface area contributed by atoms with Crippen LogP contribution >= 0.6 is 11.3 Å². The highest BCUT2D eigenvalue weighted by atomic mass is 32.2. The molecule has 2 N–H and O–H groups in total. The topological polar surface area (TPSA) is 140 Å². The Balaban J connectivity index is 1.31. The fraction of sp³-hybridized carbons (Fsp3) is 0.297. The van der Waals surface area contributed by atoms with Crippen molar-refractivity contribution >= 4 is 37.1 Å². The van der Waals surface area contributed by atoms with E-state index in [4.69, 9.17) is 19.1 Å². The van der Waals surface area contributed by atoms with Crippen LogP contribution in [0.5, 0.6) is 5.75 Å². The number of rotatable bonds is 9. The summed E-state index contributed by atoms with van der Waals surface area (Å²) in [6.07, 6.45) is 4.35. The largest absolute Gasteiger partial charge is 0.496 e. The number of hydrogen-bond donors (Lipinski definition) is 2. The summed E-state index contributed by atoms with van der Waals surface area (Å²) >= 11 is 1.42. The number of aryl methyl sites for hydroxylation is 2. The fourth-order valence-electron chi connectivity index (χ4n) is 7.33. The molecule has 2 aromatic carbocycles. The van der Waals surface area contributed by atoms with Crippen LogP contribution in [0.4, 0.5) is 10.2 Å². The van der Waals surface area contributed by atoms with Crippen LogP contribution in [0.15, 0.2) is 74.9 Å². The van der Waals surface area contributed by atoms with Gasteiger partial charge in [0.25, 0.3) is 5.89 Å². The third kappa shape index (κ3) is 5.58. The number of nitrogens with zero attached hydrogens (tertiary/aromatic N) is 3. The summed E-state index contributed by atoms with van der Waals surface area (Å²) in [5.74, 6) is 0.0268. The van der Waals surface area contributed by atoms with E-state index >= 15 is 0 Å². The van der Waals surface area contributed by atoms with Crippen LogP contribution < -0.4 is 15.8 Å². The molecule has 1 aliphatic heterocycles. The number of halogens is 1. The summed E-state index contributed by atoms with van der Waals surface area (Å²) in [5.41, 5.74) is 5.06. The highest BCUT2D eigenvalue weighted by Gasteiger charge is 2.43.